The van der Waals surface area contributed by atoms with Crippen LogP contribution in [0.2, 0.25) is 0 Å². The molecule has 1 unspecified atom stereocenters. The number of benzene rings is 1. The SMILES string of the molecule is CC(Sc1nsc(Nc2cccnc2)c1C(N)=O)c1ccccc1. The molecule has 3 rings (SSSR count). The van der Waals surface area contributed by atoms with Crippen molar-refractivity contribution in [2.24, 2.45) is 5.73 Å². The smallest absolute Gasteiger partial charge is 0.254 e. The van der Waals surface area contributed by atoms with Crippen LogP contribution in [0.1, 0.15) is 28.1 Å². The molecule has 5 nitrogen and oxygen atoms in total. The molecule has 0 saturated carbocycles. The molecule has 0 aliphatic rings. The number of rotatable bonds is 6. The lowest BCUT2D eigenvalue weighted by molar-refractivity contribution is 0.0998. The van der Waals surface area contributed by atoms with Gasteiger partial charge in [-0.1, -0.05) is 42.1 Å². The number of nitrogens with two attached hydrogens (primary N) is 1. The quantitative estimate of drug-likeness (QED) is 0.646. The highest BCUT2D eigenvalue weighted by Gasteiger charge is 2.21. The summed E-state index contributed by atoms with van der Waals surface area (Å²) < 4.78 is 4.42. The Morgan fingerprint density at radius 3 is 2.71 bits per heavy atom. The molecule has 122 valence electrons. The van der Waals surface area contributed by atoms with Gasteiger partial charge >= 0.3 is 0 Å². The minimum absolute atomic E-state index is 0.164. The highest BCUT2D eigenvalue weighted by molar-refractivity contribution is 7.99. The van der Waals surface area contributed by atoms with E-state index in [1.165, 1.54) is 28.9 Å². The molecule has 1 atom stereocenters. The van der Waals surface area contributed by atoms with Gasteiger partial charge < -0.3 is 11.1 Å². The molecule has 3 N–H and O–H groups in total. The molecule has 24 heavy (non-hydrogen) atoms. The number of carbonyl (C=O) groups excluding carboxylic acids is 1. The molecule has 2 aromatic heterocycles. The van der Waals surface area contributed by atoms with Crippen LogP contribution in [0.4, 0.5) is 10.7 Å². The van der Waals surface area contributed by atoms with Crippen molar-refractivity contribution in [1.29, 1.82) is 0 Å². The monoisotopic (exact) mass is 356 g/mol. The first-order valence-corrected chi connectivity index (χ1v) is 8.98. The van der Waals surface area contributed by atoms with Gasteiger partial charge in [0, 0.05) is 11.4 Å². The van der Waals surface area contributed by atoms with Gasteiger partial charge in [0.1, 0.15) is 15.6 Å². The summed E-state index contributed by atoms with van der Waals surface area (Å²) in [5, 5.41) is 4.62. The Morgan fingerprint density at radius 2 is 2.04 bits per heavy atom. The first kappa shape index (κ1) is 16.5. The summed E-state index contributed by atoms with van der Waals surface area (Å²) in [6.45, 7) is 2.08. The number of nitrogens with zero attached hydrogens (tertiary/aromatic N) is 2. The molecule has 1 aromatic carbocycles. The largest absolute Gasteiger partial charge is 0.365 e. The van der Waals surface area contributed by atoms with Crippen LogP contribution in [0.5, 0.6) is 0 Å². The van der Waals surface area contributed by atoms with E-state index in [4.69, 9.17) is 5.73 Å². The first-order valence-electron chi connectivity index (χ1n) is 7.33. The predicted molar refractivity (Wildman–Crippen MR) is 98.9 cm³/mol. The standard InChI is InChI=1S/C17H16N4OS2/c1-11(12-6-3-2-4-7-12)23-17-14(15(18)22)16(24-21-17)20-13-8-5-9-19-10-13/h2-11,20H,1H3,(H2,18,22). The van der Waals surface area contributed by atoms with E-state index < -0.39 is 5.91 Å². The van der Waals surface area contributed by atoms with E-state index in [0.717, 1.165) is 5.69 Å². The lowest BCUT2D eigenvalue weighted by atomic mass is 10.2. The van der Waals surface area contributed by atoms with E-state index in [9.17, 15) is 4.79 Å². The van der Waals surface area contributed by atoms with Gasteiger partial charge in [-0.05, 0) is 36.2 Å². The number of carbonyl (C=O) groups is 1. The molecular formula is C17H16N4OS2. The molecule has 3 aromatic rings. The molecule has 0 fully saturated rings. The van der Waals surface area contributed by atoms with E-state index >= 15 is 0 Å². The van der Waals surface area contributed by atoms with E-state index in [1.807, 2.05) is 30.3 Å². The number of amides is 1. The molecule has 0 aliphatic carbocycles. The number of hydrogen-bond donors (Lipinski definition) is 2. The average molecular weight is 356 g/mol. The minimum Gasteiger partial charge on any atom is -0.365 e. The molecule has 1 amide bonds. The zero-order valence-electron chi connectivity index (χ0n) is 13.0. The van der Waals surface area contributed by atoms with Gasteiger partial charge in [0.2, 0.25) is 0 Å². The van der Waals surface area contributed by atoms with Crippen LogP contribution < -0.4 is 11.1 Å². The molecule has 0 radical (unpaired) electrons. The second-order valence-electron chi connectivity index (χ2n) is 5.09. The maximum Gasteiger partial charge on any atom is 0.254 e. The third-order valence-corrected chi connectivity index (χ3v) is 5.41. The van der Waals surface area contributed by atoms with Gasteiger partial charge in [0.15, 0.2) is 0 Å². The zero-order valence-corrected chi connectivity index (χ0v) is 14.6. The highest BCUT2D eigenvalue weighted by Crippen LogP contribution is 2.40. The van der Waals surface area contributed by atoms with Crippen molar-refractivity contribution in [1.82, 2.24) is 9.36 Å². The third-order valence-electron chi connectivity index (χ3n) is 3.38. The van der Waals surface area contributed by atoms with Crippen molar-refractivity contribution in [3.63, 3.8) is 0 Å². The Labute approximate surface area is 148 Å². The van der Waals surface area contributed by atoms with Crippen molar-refractivity contribution in [2.75, 3.05) is 5.32 Å². The van der Waals surface area contributed by atoms with Crippen molar-refractivity contribution in [2.45, 2.75) is 17.2 Å². The van der Waals surface area contributed by atoms with Gasteiger partial charge in [-0.25, -0.2) is 0 Å². The number of hydrogen-bond acceptors (Lipinski definition) is 6. The predicted octanol–water partition coefficient (Wildman–Crippen LogP) is 4.23. The number of thioether (sulfide) groups is 1. The molecule has 0 bridgehead atoms. The summed E-state index contributed by atoms with van der Waals surface area (Å²) in [6.07, 6.45) is 3.37. The Morgan fingerprint density at radius 1 is 1.25 bits per heavy atom. The molecule has 2 heterocycles. The Bertz CT molecular complexity index is 821. The van der Waals surface area contributed by atoms with E-state index in [-0.39, 0.29) is 5.25 Å². The zero-order chi connectivity index (χ0) is 16.9. The fourth-order valence-electron chi connectivity index (χ4n) is 2.19. The van der Waals surface area contributed by atoms with Gasteiger partial charge in [-0.15, -0.1) is 0 Å². The number of nitrogens with one attached hydrogen (secondary N) is 1. The van der Waals surface area contributed by atoms with Gasteiger partial charge in [-0.2, -0.15) is 4.37 Å². The fourth-order valence-corrected chi connectivity index (χ4v) is 4.20. The molecule has 0 spiro atoms. The second kappa shape index (κ2) is 7.46. The van der Waals surface area contributed by atoms with Crippen molar-refractivity contribution in [3.05, 3.63) is 66.0 Å². The summed E-state index contributed by atoms with van der Waals surface area (Å²) in [5.74, 6) is -0.488. The van der Waals surface area contributed by atoms with Crippen molar-refractivity contribution in [3.8, 4) is 0 Å². The summed E-state index contributed by atoms with van der Waals surface area (Å²) in [7, 11) is 0. The maximum atomic E-state index is 11.9. The number of aromatic nitrogens is 2. The van der Waals surface area contributed by atoms with Crippen LogP contribution in [0.25, 0.3) is 0 Å². The van der Waals surface area contributed by atoms with Crippen LogP contribution in [-0.2, 0) is 0 Å². The average Bonchev–Trinajstić information content (AvgIpc) is 2.99. The van der Waals surface area contributed by atoms with Crippen LogP contribution in [0, 0.1) is 0 Å². The van der Waals surface area contributed by atoms with Gasteiger partial charge in [0.25, 0.3) is 5.91 Å². The first-order chi connectivity index (χ1) is 11.6. The number of primary amides is 1. The lowest BCUT2D eigenvalue weighted by Gasteiger charge is -2.11. The molecule has 7 heteroatoms. The van der Waals surface area contributed by atoms with Gasteiger partial charge in [-0.3, -0.25) is 9.78 Å². The normalized spacial score (nSPS) is 11.9. The van der Waals surface area contributed by atoms with Crippen molar-refractivity contribution < 1.29 is 4.79 Å². The van der Waals surface area contributed by atoms with E-state index in [1.54, 1.807) is 12.4 Å². The Kier molecular flexibility index (Phi) is 5.12. The summed E-state index contributed by atoms with van der Waals surface area (Å²) in [4.78, 5) is 16.0. The van der Waals surface area contributed by atoms with E-state index in [2.05, 4.69) is 33.7 Å². The fraction of sp³-hybridized carbons (Fsp3) is 0.118. The Hall–Kier alpha value is -2.38. The van der Waals surface area contributed by atoms with Gasteiger partial charge in [0.05, 0.1) is 11.9 Å². The summed E-state index contributed by atoms with van der Waals surface area (Å²) in [5.41, 5.74) is 7.98. The Balaban J connectivity index is 1.85. The molecule has 0 saturated heterocycles. The van der Waals surface area contributed by atoms with Crippen LogP contribution >= 0.6 is 23.3 Å². The maximum absolute atomic E-state index is 11.9. The summed E-state index contributed by atoms with van der Waals surface area (Å²) in [6, 6.07) is 13.8. The lowest BCUT2D eigenvalue weighted by Crippen LogP contribution is -2.13. The molecular weight excluding hydrogens is 340 g/mol. The van der Waals surface area contributed by atoms with Crippen molar-refractivity contribution >= 4 is 39.9 Å². The second-order valence-corrected chi connectivity index (χ2v) is 7.20. The van der Waals surface area contributed by atoms with Crippen LogP contribution in [-0.4, -0.2) is 15.3 Å². The number of anilines is 2. The third kappa shape index (κ3) is 3.74. The van der Waals surface area contributed by atoms with E-state index in [0.29, 0.717) is 15.6 Å². The summed E-state index contributed by atoms with van der Waals surface area (Å²) >= 11 is 2.75. The van der Waals surface area contributed by atoms with Crippen LogP contribution in [0.15, 0.2) is 59.9 Å². The molecule has 0 aliphatic heterocycles. The van der Waals surface area contributed by atoms with Crippen LogP contribution in [0.3, 0.4) is 0 Å². The highest BCUT2D eigenvalue weighted by atomic mass is 32.2. The number of pyridine rings is 1. The topological polar surface area (TPSA) is 80.9 Å². The minimum atomic E-state index is -0.488.